The molecule has 1 heterocycles. The Morgan fingerprint density at radius 2 is 2.39 bits per heavy atom. The van der Waals surface area contributed by atoms with Crippen LogP contribution in [0.1, 0.15) is 0 Å². The molecule has 1 rings (SSSR count). The molecule has 1 aromatic heterocycles. The normalized spacial score (nSPS) is 9.83. The number of hydrogen-bond donors (Lipinski definition) is 1. The monoisotopic (exact) mass is 271 g/mol. The van der Waals surface area contributed by atoms with E-state index in [1.807, 2.05) is 0 Å². The van der Waals surface area contributed by atoms with Crippen molar-refractivity contribution in [3.8, 4) is 0 Å². The molecule has 7 nitrogen and oxygen atoms in total. The molecular weight excluding hydrogens is 262 g/mol. The molecule has 8 heteroatoms. The largest absolute Gasteiger partial charge is 0.480 e. The van der Waals surface area contributed by atoms with Crippen LogP contribution in [0.5, 0.6) is 0 Å². The van der Waals surface area contributed by atoms with Crippen LogP contribution >= 0.6 is 11.6 Å². The highest BCUT2D eigenvalue weighted by atomic mass is 35.5. The number of carboxylic acids is 1. The van der Waals surface area contributed by atoms with Gasteiger partial charge in [0.15, 0.2) is 0 Å². The van der Waals surface area contributed by atoms with E-state index >= 15 is 0 Å². The third-order valence-electron chi connectivity index (χ3n) is 1.99. The van der Waals surface area contributed by atoms with E-state index in [4.69, 9.17) is 16.7 Å². The molecule has 0 saturated carbocycles. The third-order valence-corrected chi connectivity index (χ3v) is 2.19. The Morgan fingerprint density at radius 3 is 2.89 bits per heavy atom. The van der Waals surface area contributed by atoms with Crippen molar-refractivity contribution in [3.63, 3.8) is 0 Å². The third kappa shape index (κ3) is 3.42. The second-order valence-corrected chi connectivity index (χ2v) is 3.75. The summed E-state index contributed by atoms with van der Waals surface area (Å²) in [5, 5.41) is 19.7. The first-order chi connectivity index (χ1) is 8.45. The summed E-state index contributed by atoms with van der Waals surface area (Å²) in [4.78, 5) is 26.0. The highest BCUT2D eigenvalue weighted by Gasteiger charge is 2.22. The van der Waals surface area contributed by atoms with Crippen molar-refractivity contribution < 1.29 is 14.8 Å². The molecule has 0 aliphatic rings. The van der Waals surface area contributed by atoms with E-state index in [1.165, 1.54) is 17.2 Å². The SMILES string of the molecule is C=CCN(CC(=O)O)c1ncc(Cl)cc1[N+](=O)[O-]. The number of aliphatic carboxylic acids is 1. The lowest BCUT2D eigenvalue weighted by Gasteiger charge is -2.19. The predicted octanol–water partition coefficient (Wildman–Crippen LogP) is 1.72. The molecule has 0 amide bonds. The van der Waals surface area contributed by atoms with Gasteiger partial charge in [-0.2, -0.15) is 0 Å². The van der Waals surface area contributed by atoms with Crippen LogP contribution in [0, 0.1) is 10.1 Å². The number of carboxylic acid groups (broad SMARTS) is 1. The fourth-order valence-corrected chi connectivity index (χ4v) is 1.50. The molecule has 0 unspecified atom stereocenters. The van der Waals surface area contributed by atoms with Crippen LogP contribution in [0.2, 0.25) is 5.02 Å². The Labute approximate surface area is 107 Å². The number of carbonyl (C=O) groups is 1. The lowest BCUT2D eigenvalue weighted by Crippen LogP contribution is -2.31. The fraction of sp³-hybridized carbons (Fsp3) is 0.200. The van der Waals surface area contributed by atoms with E-state index in [0.717, 1.165) is 6.07 Å². The summed E-state index contributed by atoms with van der Waals surface area (Å²) in [6.45, 7) is 3.18. The van der Waals surface area contributed by atoms with Gasteiger partial charge in [-0.25, -0.2) is 4.98 Å². The van der Waals surface area contributed by atoms with Gasteiger partial charge in [0.2, 0.25) is 5.82 Å². The van der Waals surface area contributed by atoms with E-state index in [0.29, 0.717) is 0 Å². The molecule has 0 aromatic carbocycles. The number of nitrogens with zero attached hydrogens (tertiary/aromatic N) is 3. The van der Waals surface area contributed by atoms with Gasteiger partial charge in [0.25, 0.3) is 0 Å². The molecular formula is C10H10ClN3O4. The van der Waals surface area contributed by atoms with Crippen molar-refractivity contribution in [2.75, 3.05) is 18.0 Å². The first-order valence-electron chi connectivity index (χ1n) is 4.83. The van der Waals surface area contributed by atoms with Gasteiger partial charge in [-0.1, -0.05) is 17.7 Å². The van der Waals surface area contributed by atoms with Gasteiger partial charge in [-0.15, -0.1) is 6.58 Å². The highest BCUT2D eigenvalue weighted by Crippen LogP contribution is 2.28. The summed E-state index contributed by atoms with van der Waals surface area (Å²) in [5.74, 6) is -1.17. The number of halogens is 1. The summed E-state index contributed by atoms with van der Waals surface area (Å²) < 4.78 is 0. The van der Waals surface area contributed by atoms with Crippen molar-refractivity contribution in [2.45, 2.75) is 0 Å². The van der Waals surface area contributed by atoms with Crippen molar-refractivity contribution in [2.24, 2.45) is 0 Å². The van der Waals surface area contributed by atoms with E-state index in [-0.39, 0.29) is 23.1 Å². The van der Waals surface area contributed by atoms with Gasteiger partial charge < -0.3 is 10.0 Å². The van der Waals surface area contributed by atoms with E-state index in [2.05, 4.69) is 11.6 Å². The highest BCUT2D eigenvalue weighted by molar-refractivity contribution is 6.30. The smallest absolute Gasteiger partial charge is 0.323 e. The Hall–Kier alpha value is -2.15. The first-order valence-corrected chi connectivity index (χ1v) is 5.21. The minimum absolute atomic E-state index is 0.0494. The zero-order valence-corrected chi connectivity index (χ0v) is 10.0. The molecule has 0 saturated heterocycles. The molecule has 0 atom stereocenters. The van der Waals surface area contributed by atoms with Crippen LogP contribution in [0.15, 0.2) is 24.9 Å². The van der Waals surface area contributed by atoms with Crippen LogP contribution in [0.25, 0.3) is 0 Å². The average Bonchev–Trinajstić information content (AvgIpc) is 2.27. The summed E-state index contributed by atoms with van der Waals surface area (Å²) in [5.41, 5.74) is -0.342. The first kappa shape index (κ1) is 13.9. The molecule has 0 fully saturated rings. The van der Waals surface area contributed by atoms with E-state index < -0.39 is 17.4 Å². The standard InChI is InChI=1S/C10H10ClN3O4/c1-2-3-13(6-9(15)16)10-8(14(17)18)4-7(11)5-12-10/h2,4-5H,1,3,6H2,(H,15,16). The van der Waals surface area contributed by atoms with Gasteiger partial charge in [-0.05, 0) is 0 Å². The average molecular weight is 272 g/mol. The van der Waals surface area contributed by atoms with Crippen molar-refractivity contribution >= 4 is 29.1 Å². The van der Waals surface area contributed by atoms with Crippen molar-refractivity contribution in [3.05, 3.63) is 40.1 Å². The van der Waals surface area contributed by atoms with Gasteiger partial charge in [-0.3, -0.25) is 14.9 Å². The number of nitro groups is 1. The summed E-state index contributed by atoms with van der Waals surface area (Å²) in [7, 11) is 0. The van der Waals surface area contributed by atoms with Crippen molar-refractivity contribution in [1.29, 1.82) is 0 Å². The topological polar surface area (TPSA) is 96.6 Å². The molecule has 0 bridgehead atoms. The number of pyridine rings is 1. The summed E-state index contributed by atoms with van der Waals surface area (Å²) in [6, 6.07) is 1.13. The molecule has 0 aliphatic carbocycles. The molecule has 1 aromatic rings. The fourth-order valence-electron chi connectivity index (χ4n) is 1.34. The summed E-state index contributed by atoms with van der Waals surface area (Å²) in [6.07, 6.45) is 2.66. The quantitative estimate of drug-likeness (QED) is 0.481. The van der Waals surface area contributed by atoms with Gasteiger partial charge in [0.05, 0.1) is 9.95 Å². The molecule has 0 aliphatic heterocycles. The molecule has 1 N–H and O–H groups in total. The maximum atomic E-state index is 10.9. The molecule has 0 spiro atoms. The molecule has 96 valence electrons. The minimum atomic E-state index is -1.12. The van der Waals surface area contributed by atoms with Gasteiger partial charge in [0.1, 0.15) is 6.54 Å². The lowest BCUT2D eigenvalue weighted by atomic mass is 10.3. The Morgan fingerprint density at radius 1 is 1.72 bits per heavy atom. The maximum absolute atomic E-state index is 10.9. The zero-order chi connectivity index (χ0) is 13.7. The van der Waals surface area contributed by atoms with Crippen LogP contribution in [0.4, 0.5) is 11.5 Å². The lowest BCUT2D eigenvalue weighted by molar-refractivity contribution is -0.384. The van der Waals surface area contributed by atoms with Crippen LogP contribution in [-0.4, -0.2) is 34.1 Å². The van der Waals surface area contributed by atoms with Crippen LogP contribution in [0.3, 0.4) is 0 Å². The molecule has 0 radical (unpaired) electrons. The minimum Gasteiger partial charge on any atom is -0.480 e. The van der Waals surface area contributed by atoms with Crippen LogP contribution in [-0.2, 0) is 4.79 Å². The summed E-state index contributed by atoms with van der Waals surface area (Å²) >= 11 is 5.63. The van der Waals surface area contributed by atoms with Crippen LogP contribution < -0.4 is 4.90 Å². The number of anilines is 1. The Bertz CT molecular complexity index is 492. The second-order valence-electron chi connectivity index (χ2n) is 3.32. The van der Waals surface area contributed by atoms with E-state index in [1.54, 1.807) is 0 Å². The van der Waals surface area contributed by atoms with E-state index in [9.17, 15) is 14.9 Å². The Balaban J connectivity index is 3.21. The zero-order valence-electron chi connectivity index (χ0n) is 9.24. The number of rotatable bonds is 6. The second kappa shape index (κ2) is 5.97. The van der Waals surface area contributed by atoms with Gasteiger partial charge >= 0.3 is 11.7 Å². The maximum Gasteiger partial charge on any atom is 0.323 e. The number of aromatic nitrogens is 1. The number of hydrogen-bond acceptors (Lipinski definition) is 5. The van der Waals surface area contributed by atoms with Crippen molar-refractivity contribution in [1.82, 2.24) is 4.98 Å². The predicted molar refractivity (Wildman–Crippen MR) is 65.9 cm³/mol. The van der Waals surface area contributed by atoms with Gasteiger partial charge in [0, 0.05) is 18.8 Å². The molecule has 18 heavy (non-hydrogen) atoms. The Kier molecular flexibility index (Phi) is 4.61.